The first-order valence-electron chi connectivity index (χ1n) is 4.46. The zero-order chi connectivity index (χ0) is 9.97. The molecule has 0 unspecified atom stereocenters. The van der Waals surface area contributed by atoms with Crippen molar-refractivity contribution in [2.24, 2.45) is 0 Å². The van der Waals surface area contributed by atoms with Gasteiger partial charge in [0.05, 0.1) is 13.4 Å². The highest BCUT2D eigenvalue weighted by atomic mass is 127. The molecule has 0 saturated heterocycles. The number of fused-ring (bicyclic) bond motifs is 1. The van der Waals surface area contributed by atoms with E-state index in [-0.39, 0.29) is 0 Å². The topological polar surface area (TPSA) is 22.4 Å². The predicted octanol–water partition coefficient (Wildman–Crippen LogP) is 3.42. The Morgan fingerprint density at radius 3 is 3.00 bits per heavy atom. The van der Waals surface area contributed by atoms with Crippen LogP contribution in [0.5, 0.6) is 5.75 Å². The summed E-state index contributed by atoms with van der Waals surface area (Å²) in [6, 6.07) is 5.98. The number of aryl methyl sites for hydroxylation is 1. The number of rotatable bonds is 3. The minimum Gasteiger partial charge on any atom is -0.493 e. The molecular weight excluding hydrogens is 291 g/mol. The van der Waals surface area contributed by atoms with Crippen LogP contribution < -0.4 is 4.74 Å². The van der Waals surface area contributed by atoms with E-state index in [0.717, 1.165) is 22.2 Å². The van der Waals surface area contributed by atoms with Gasteiger partial charge in [0.15, 0.2) is 11.3 Å². The van der Waals surface area contributed by atoms with Crippen LogP contribution in [0.1, 0.15) is 5.56 Å². The molecule has 0 spiro atoms. The van der Waals surface area contributed by atoms with Crippen LogP contribution in [0.2, 0.25) is 0 Å². The number of benzene rings is 1. The number of ether oxygens (including phenoxy) is 1. The van der Waals surface area contributed by atoms with Crippen molar-refractivity contribution < 1.29 is 9.15 Å². The molecule has 0 aliphatic heterocycles. The van der Waals surface area contributed by atoms with Crippen LogP contribution in [-0.4, -0.2) is 11.5 Å². The van der Waals surface area contributed by atoms with Crippen molar-refractivity contribution in [3.8, 4) is 5.75 Å². The lowest BCUT2D eigenvalue weighted by atomic mass is 10.1. The first-order chi connectivity index (χ1) is 6.86. The third kappa shape index (κ3) is 1.61. The van der Waals surface area contributed by atoms with Crippen LogP contribution in [-0.2, 0) is 6.42 Å². The standard InChI is InChI=1S/C11H11IO2/c1-13-10-4-2-3-9-8(5-6-12)7-14-11(9)10/h2-4,7H,5-6H2,1H3. The van der Waals surface area contributed by atoms with Crippen molar-refractivity contribution in [2.75, 3.05) is 11.5 Å². The maximum Gasteiger partial charge on any atom is 0.175 e. The van der Waals surface area contributed by atoms with E-state index in [1.165, 1.54) is 10.9 Å². The maximum atomic E-state index is 5.50. The van der Waals surface area contributed by atoms with Crippen LogP contribution in [0.25, 0.3) is 11.0 Å². The van der Waals surface area contributed by atoms with Gasteiger partial charge in [-0.05, 0) is 18.1 Å². The molecule has 1 aromatic heterocycles. The molecule has 0 fully saturated rings. The zero-order valence-electron chi connectivity index (χ0n) is 7.92. The number of methoxy groups -OCH3 is 1. The largest absolute Gasteiger partial charge is 0.493 e. The highest BCUT2D eigenvalue weighted by Crippen LogP contribution is 2.29. The van der Waals surface area contributed by atoms with E-state index in [0.29, 0.717) is 0 Å². The van der Waals surface area contributed by atoms with Gasteiger partial charge in [-0.2, -0.15) is 0 Å². The molecular formula is C11H11IO2. The van der Waals surface area contributed by atoms with Gasteiger partial charge in [0.2, 0.25) is 0 Å². The quantitative estimate of drug-likeness (QED) is 0.640. The van der Waals surface area contributed by atoms with Crippen LogP contribution in [0, 0.1) is 0 Å². The molecule has 0 aliphatic carbocycles. The zero-order valence-corrected chi connectivity index (χ0v) is 10.1. The third-order valence-corrected chi connectivity index (χ3v) is 2.77. The minimum atomic E-state index is 0.808. The molecule has 0 radical (unpaired) electrons. The highest BCUT2D eigenvalue weighted by Gasteiger charge is 2.08. The third-order valence-electron chi connectivity index (χ3n) is 2.23. The maximum absolute atomic E-state index is 5.50. The SMILES string of the molecule is COc1cccc2c(CCI)coc12. The van der Waals surface area contributed by atoms with Crippen LogP contribution in [0.15, 0.2) is 28.9 Å². The summed E-state index contributed by atoms with van der Waals surface area (Å²) < 4.78 is 11.8. The molecule has 14 heavy (non-hydrogen) atoms. The summed E-state index contributed by atoms with van der Waals surface area (Å²) in [6.45, 7) is 0. The summed E-state index contributed by atoms with van der Waals surface area (Å²) in [5.41, 5.74) is 2.11. The number of hydrogen-bond acceptors (Lipinski definition) is 2. The predicted molar refractivity (Wildman–Crippen MR) is 65.4 cm³/mol. The summed E-state index contributed by atoms with van der Waals surface area (Å²) in [5.74, 6) is 0.808. The second-order valence-electron chi connectivity index (χ2n) is 3.04. The molecule has 3 heteroatoms. The summed E-state index contributed by atoms with van der Waals surface area (Å²) in [6.07, 6.45) is 2.87. The van der Waals surface area contributed by atoms with Crippen LogP contribution >= 0.6 is 22.6 Å². The molecule has 2 rings (SSSR count). The summed E-state index contributed by atoms with van der Waals surface area (Å²) in [7, 11) is 1.66. The Morgan fingerprint density at radius 2 is 2.29 bits per heavy atom. The molecule has 74 valence electrons. The van der Waals surface area contributed by atoms with Gasteiger partial charge in [0.25, 0.3) is 0 Å². The molecule has 2 nitrogen and oxygen atoms in total. The van der Waals surface area contributed by atoms with Gasteiger partial charge < -0.3 is 9.15 Å². The average Bonchev–Trinajstić information content (AvgIpc) is 2.62. The van der Waals surface area contributed by atoms with E-state index in [2.05, 4.69) is 28.7 Å². The number of hydrogen-bond donors (Lipinski definition) is 0. The highest BCUT2D eigenvalue weighted by molar-refractivity contribution is 14.1. The monoisotopic (exact) mass is 302 g/mol. The second-order valence-corrected chi connectivity index (χ2v) is 4.12. The van der Waals surface area contributed by atoms with Crippen molar-refractivity contribution in [3.05, 3.63) is 30.0 Å². The molecule has 0 saturated carbocycles. The van der Waals surface area contributed by atoms with E-state index < -0.39 is 0 Å². The van der Waals surface area contributed by atoms with Crippen molar-refractivity contribution in [1.29, 1.82) is 0 Å². The van der Waals surface area contributed by atoms with Crippen molar-refractivity contribution in [1.82, 2.24) is 0 Å². The van der Waals surface area contributed by atoms with Gasteiger partial charge in [-0.1, -0.05) is 34.7 Å². The van der Waals surface area contributed by atoms with Crippen LogP contribution in [0.3, 0.4) is 0 Å². The summed E-state index contributed by atoms with van der Waals surface area (Å²) in [5, 5.41) is 1.17. The van der Waals surface area contributed by atoms with Gasteiger partial charge in [-0.15, -0.1) is 0 Å². The number of alkyl halides is 1. The Morgan fingerprint density at radius 1 is 1.43 bits per heavy atom. The van der Waals surface area contributed by atoms with E-state index in [9.17, 15) is 0 Å². The van der Waals surface area contributed by atoms with E-state index in [1.807, 2.05) is 18.4 Å². The number of para-hydroxylation sites is 1. The molecule has 0 amide bonds. The van der Waals surface area contributed by atoms with Crippen molar-refractivity contribution in [3.63, 3.8) is 0 Å². The van der Waals surface area contributed by atoms with Gasteiger partial charge in [-0.3, -0.25) is 0 Å². The van der Waals surface area contributed by atoms with Gasteiger partial charge in [0.1, 0.15) is 0 Å². The van der Waals surface area contributed by atoms with E-state index >= 15 is 0 Å². The first-order valence-corrected chi connectivity index (χ1v) is 5.98. The molecule has 0 aliphatic rings. The van der Waals surface area contributed by atoms with Crippen molar-refractivity contribution in [2.45, 2.75) is 6.42 Å². The van der Waals surface area contributed by atoms with Gasteiger partial charge in [0, 0.05) is 9.81 Å². The fourth-order valence-corrected chi connectivity index (χ4v) is 2.12. The first kappa shape index (κ1) is 9.83. The lowest BCUT2D eigenvalue weighted by Gasteiger charge is -1.99. The Hall–Kier alpha value is -0.710. The Kier molecular flexibility index (Phi) is 2.96. The Balaban J connectivity index is 2.57. The van der Waals surface area contributed by atoms with Crippen molar-refractivity contribution >= 4 is 33.6 Å². The minimum absolute atomic E-state index is 0.808. The summed E-state index contributed by atoms with van der Waals surface area (Å²) in [4.78, 5) is 0. The number of halogens is 1. The average molecular weight is 302 g/mol. The van der Waals surface area contributed by atoms with Crippen LogP contribution in [0.4, 0.5) is 0 Å². The van der Waals surface area contributed by atoms with Gasteiger partial charge in [-0.25, -0.2) is 0 Å². The van der Waals surface area contributed by atoms with Gasteiger partial charge >= 0.3 is 0 Å². The molecule has 1 aromatic carbocycles. The molecule has 0 atom stereocenters. The summed E-state index contributed by atoms with van der Waals surface area (Å²) >= 11 is 2.37. The fourth-order valence-electron chi connectivity index (χ4n) is 1.54. The molecule has 0 N–H and O–H groups in total. The second kappa shape index (κ2) is 4.21. The fraction of sp³-hybridized carbons (Fsp3) is 0.273. The van der Waals surface area contributed by atoms with E-state index in [4.69, 9.17) is 9.15 Å². The Labute approximate surface area is 96.4 Å². The number of furan rings is 1. The Bertz CT molecular complexity index is 434. The normalized spacial score (nSPS) is 10.7. The molecule has 1 heterocycles. The molecule has 2 aromatic rings. The lowest BCUT2D eigenvalue weighted by Crippen LogP contribution is -1.84. The lowest BCUT2D eigenvalue weighted by molar-refractivity contribution is 0.410. The smallest absolute Gasteiger partial charge is 0.175 e. The molecule has 0 bridgehead atoms. The van der Waals surface area contributed by atoms with E-state index in [1.54, 1.807) is 7.11 Å².